The summed E-state index contributed by atoms with van der Waals surface area (Å²) in [4.78, 5) is 33.6. The van der Waals surface area contributed by atoms with Gasteiger partial charge in [-0.2, -0.15) is 0 Å². The Kier molecular flexibility index (Phi) is 5.84. The van der Waals surface area contributed by atoms with Crippen molar-refractivity contribution in [2.75, 3.05) is 19.0 Å². The van der Waals surface area contributed by atoms with Crippen LogP contribution in [0.3, 0.4) is 0 Å². The number of nitrogens with zero attached hydrogens (tertiary/aromatic N) is 3. The molecule has 7 nitrogen and oxygen atoms in total. The molecule has 1 atom stereocenters. The molecule has 0 aromatic carbocycles. The van der Waals surface area contributed by atoms with E-state index in [2.05, 4.69) is 15.3 Å². The molecule has 1 heterocycles. The molecule has 0 aliphatic heterocycles. The number of hydrogen-bond acceptors (Lipinski definition) is 5. The number of allylic oxidation sites excluding steroid dienone is 1. The molecule has 0 saturated carbocycles. The van der Waals surface area contributed by atoms with Crippen molar-refractivity contribution in [3.05, 3.63) is 29.6 Å². The molecular formula is C16H24N4O3. The van der Waals surface area contributed by atoms with Gasteiger partial charge >= 0.3 is 5.97 Å². The van der Waals surface area contributed by atoms with Crippen LogP contribution in [0.5, 0.6) is 0 Å². The first-order chi connectivity index (χ1) is 10.5. The van der Waals surface area contributed by atoms with E-state index in [1.807, 2.05) is 20.8 Å². The van der Waals surface area contributed by atoms with Crippen molar-refractivity contribution in [3.63, 3.8) is 0 Å². The highest BCUT2D eigenvalue weighted by molar-refractivity contribution is 5.97. The summed E-state index contributed by atoms with van der Waals surface area (Å²) >= 11 is 0. The first-order valence-corrected chi connectivity index (χ1v) is 7.25. The van der Waals surface area contributed by atoms with Crippen LogP contribution >= 0.6 is 0 Å². The second kappa shape index (κ2) is 7.21. The first kappa shape index (κ1) is 18.6. The number of hydrogen-bond donors (Lipinski definition) is 2. The zero-order chi connectivity index (χ0) is 17.8. The predicted molar refractivity (Wildman–Crippen MR) is 88.6 cm³/mol. The Morgan fingerprint density at radius 1 is 1.35 bits per heavy atom. The largest absolute Gasteiger partial charge is 0.479 e. The van der Waals surface area contributed by atoms with Crippen molar-refractivity contribution in [1.29, 1.82) is 0 Å². The molecule has 0 spiro atoms. The van der Waals surface area contributed by atoms with E-state index in [1.165, 1.54) is 12.3 Å². The number of nitrogens with one attached hydrogen (secondary N) is 1. The Balaban J connectivity index is 2.96. The Labute approximate surface area is 136 Å². The van der Waals surface area contributed by atoms with Gasteiger partial charge in [0.25, 0.3) is 5.91 Å². The van der Waals surface area contributed by atoms with Gasteiger partial charge in [0.1, 0.15) is 6.04 Å². The third kappa shape index (κ3) is 5.69. The SMILES string of the molecule is Cc1nc(N(C)C)ncc1C(=O)NC(/C=C/C(C)(C)C)C(=O)O. The molecule has 1 unspecified atom stereocenters. The van der Waals surface area contributed by atoms with Crippen LogP contribution in [-0.2, 0) is 4.79 Å². The Bertz CT molecular complexity index is 618. The van der Waals surface area contributed by atoms with E-state index in [0.717, 1.165) is 0 Å². The number of carbonyl (C=O) groups is 2. The van der Waals surface area contributed by atoms with Crippen molar-refractivity contribution in [2.24, 2.45) is 5.41 Å². The minimum Gasteiger partial charge on any atom is -0.479 e. The molecule has 1 amide bonds. The molecular weight excluding hydrogens is 296 g/mol. The number of amides is 1. The van der Waals surface area contributed by atoms with Gasteiger partial charge in [-0.1, -0.05) is 32.9 Å². The Morgan fingerprint density at radius 2 is 1.96 bits per heavy atom. The number of aromatic nitrogens is 2. The highest BCUT2D eigenvalue weighted by Gasteiger charge is 2.21. The summed E-state index contributed by atoms with van der Waals surface area (Å²) in [6.45, 7) is 7.52. The zero-order valence-corrected chi connectivity index (χ0v) is 14.4. The van der Waals surface area contributed by atoms with Crippen LogP contribution in [0.1, 0.15) is 36.8 Å². The van der Waals surface area contributed by atoms with E-state index in [4.69, 9.17) is 0 Å². The maximum atomic E-state index is 12.3. The summed E-state index contributed by atoms with van der Waals surface area (Å²) in [5.41, 5.74) is 0.571. The van der Waals surface area contributed by atoms with Gasteiger partial charge in [-0.15, -0.1) is 0 Å². The van der Waals surface area contributed by atoms with Crippen molar-refractivity contribution >= 4 is 17.8 Å². The van der Waals surface area contributed by atoms with Gasteiger partial charge in [0.15, 0.2) is 0 Å². The van der Waals surface area contributed by atoms with Crippen molar-refractivity contribution in [1.82, 2.24) is 15.3 Å². The highest BCUT2D eigenvalue weighted by atomic mass is 16.4. The summed E-state index contributed by atoms with van der Waals surface area (Å²) in [5, 5.41) is 11.7. The minimum absolute atomic E-state index is 0.176. The van der Waals surface area contributed by atoms with Crippen LogP contribution in [0.25, 0.3) is 0 Å². The summed E-state index contributed by atoms with van der Waals surface area (Å²) in [6.07, 6.45) is 4.63. The van der Waals surface area contributed by atoms with Crippen LogP contribution in [0.2, 0.25) is 0 Å². The molecule has 23 heavy (non-hydrogen) atoms. The van der Waals surface area contributed by atoms with E-state index >= 15 is 0 Å². The first-order valence-electron chi connectivity index (χ1n) is 7.25. The minimum atomic E-state index is -1.12. The number of carboxylic acid groups (broad SMARTS) is 1. The quantitative estimate of drug-likeness (QED) is 0.801. The molecule has 7 heteroatoms. The van der Waals surface area contributed by atoms with Gasteiger partial charge in [-0.3, -0.25) is 4.79 Å². The average molecular weight is 320 g/mol. The lowest BCUT2D eigenvalue weighted by molar-refractivity contribution is -0.137. The van der Waals surface area contributed by atoms with Crippen molar-refractivity contribution in [2.45, 2.75) is 33.7 Å². The number of anilines is 1. The summed E-state index contributed by atoms with van der Waals surface area (Å²) in [6, 6.07) is -1.10. The van der Waals surface area contributed by atoms with E-state index in [9.17, 15) is 14.7 Å². The Morgan fingerprint density at radius 3 is 2.39 bits per heavy atom. The summed E-state index contributed by atoms with van der Waals surface area (Å²) in [7, 11) is 3.60. The van der Waals surface area contributed by atoms with Gasteiger partial charge < -0.3 is 15.3 Å². The fourth-order valence-corrected chi connectivity index (χ4v) is 1.69. The molecule has 0 radical (unpaired) electrons. The highest BCUT2D eigenvalue weighted by Crippen LogP contribution is 2.15. The summed E-state index contributed by atoms with van der Waals surface area (Å²) < 4.78 is 0. The zero-order valence-electron chi connectivity index (χ0n) is 14.4. The maximum absolute atomic E-state index is 12.3. The van der Waals surface area contributed by atoms with Crippen LogP contribution in [0, 0.1) is 12.3 Å². The lowest BCUT2D eigenvalue weighted by Gasteiger charge is -2.16. The van der Waals surface area contributed by atoms with Crippen LogP contribution < -0.4 is 10.2 Å². The van der Waals surface area contributed by atoms with Gasteiger partial charge in [-0.05, 0) is 12.3 Å². The molecule has 2 N–H and O–H groups in total. The lowest BCUT2D eigenvalue weighted by atomic mass is 9.95. The molecule has 0 aliphatic rings. The number of aryl methyl sites for hydroxylation is 1. The molecule has 0 bridgehead atoms. The van der Waals surface area contributed by atoms with E-state index in [-0.39, 0.29) is 11.0 Å². The smallest absolute Gasteiger partial charge is 0.330 e. The van der Waals surface area contributed by atoms with Crippen molar-refractivity contribution in [3.8, 4) is 0 Å². The number of aliphatic carboxylic acids is 1. The fourth-order valence-electron chi connectivity index (χ4n) is 1.69. The van der Waals surface area contributed by atoms with Gasteiger partial charge in [0, 0.05) is 20.3 Å². The Hall–Kier alpha value is -2.44. The fraction of sp³-hybridized carbons (Fsp3) is 0.500. The van der Waals surface area contributed by atoms with E-state index in [1.54, 1.807) is 32.0 Å². The predicted octanol–water partition coefficient (Wildman–Crippen LogP) is 1.64. The van der Waals surface area contributed by atoms with Gasteiger partial charge in [0.2, 0.25) is 5.95 Å². The topological polar surface area (TPSA) is 95.4 Å². The van der Waals surface area contributed by atoms with Crippen LogP contribution in [-0.4, -0.2) is 47.1 Å². The van der Waals surface area contributed by atoms with Crippen molar-refractivity contribution < 1.29 is 14.7 Å². The standard InChI is InChI=1S/C16H24N4O3/c1-10-11(9-17-15(18-10)20(5)6)13(21)19-12(14(22)23)7-8-16(2,3)4/h7-9,12H,1-6H3,(H,19,21)(H,22,23)/b8-7+. The second-order valence-corrected chi connectivity index (χ2v) is 6.58. The average Bonchev–Trinajstić information content (AvgIpc) is 2.41. The lowest BCUT2D eigenvalue weighted by Crippen LogP contribution is -2.40. The molecule has 126 valence electrons. The normalized spacial score (nSPS) is 13.0. The molecule has 0 saturated heterocycles. The third-order valence-electron chi connectivity index (χ3n) is 2.95. The van der Waals surface area contributed by atoms with E-state index < -0.39 is 17.9 Å². The van der Waals surface area contributed by atoms with Gasteiger partial charge in [0.05, 0.1) is 11.3 Å². The van der Waals surface area contributed by atoms with Crippen LogP contribution in [0.15, 0.2) is 18.3 Å². The monoisotopic (exact) mass is 320 g/mol. The molecule has 1 aromatic rings. The number of carbonyl (C=O) groups excluding carboxylic acids is 1. The molecule has 1 rings (SSSR count). The number of rotatable bonds is 5. The van der Waals surface area contributed by atoms with Crippen LogP contribution in [0.4, 0.5) is 5.95 Å². The van der Waals surface area contributed by atoms with E-state index in [0.29, 0.717) is 11.6 Å². The molecule has 1 aromatic heterocycles. The van der Waals surface area contributed by atoms with Gasteiger partial charge in [-0.25, -0.2) is 14.8 Å². The third-order valence-corrected chi connectivity index (χ3v) is 2.95. The maximum Gasteiger partial charge on any atom is 0.330 e. The molecule has 0 fully saturated rings. The number of carboxylic acids is 1. The second-order valence-electron chi connectivity index (χ2n) is 6.58. The summed E-state index contributed by atoms with van der Waals surface area (Å²) in [5.74, 6) is -1.15. The molecule has 0 aliphatic carbocycles.